The summed E-state index contributed by atoms with van der Waals surface area (Å²) in [6.45, 7) is 3.65. The summed E-state index contributed by atoms with van der Waals surface area (Å²) in [5.74, 6) is -1.26. The van der Waals surface area contributed by atoms with Crippen LogP contribution in [0.2, 0.25) is 0 Å². The molecule has 1 aromatic heterocycles. The predicted octanol–water partition coefficient (Wildman–Crippen LogP) is 4.72. The van der Waals surface area contributed by atoms with Crippen LogP contribution in [0.25, 0.3) is 0 Å². The van der Waals surface area contributed by atoms with Crippen molar-refractivity contribution in [1.29, 1.82) is 5.26 Å². The van der Waals surface area contributed by atoms with Gasteiger partial charge >= 0.3 is 0 Å². The average molecular weight is 558 g/mol. The summed E-state index contributed by atoms with van der Waals surface area (Å²) in [4.78, 5) is 34.2. The van der Waals surface area contributed by atoms with Crippen molar-refractivity contribution >= 4 is 11.8 Å². The number of hydrogen-bond acceptors (Lipinski definition) is 5. The van der Waals surface area contributed by atoms with Gasteiger partial charge < -0.3 is 10.2 Å². The molecular formula is C32H33F2N5O2. The molecule has 0 spiro atoms. The summed E-state index contributed by atoms with van der Waals surface area (Å²) in [5, 5.41) is 12.0. The molecule has 5 rings (SSSR count). The third-order valence-electron chi connectivity index (χ3n) is 8.08. The lowest BCUT2D eigenvalue weighted by Gasteiger charge is -2.32. The van der Waals surface area contributed by atoms with Crippen molar-refractivity contribution in [2.45, 2.75) is 44.7 Å². The lowest BCUT2D eigenvalue weighted by atomic mass is 9.89. The van der Waals surface area contributed by atoms with Crippen LogP contribution in [0.15, 0.2) is 60.8 Å². The van der Waals surface area contributed by atoms with Crippen molar-refractivity contribution in [2.75, 3.05) is 26.2 Å². The molecule has 3 heterocycles. The van der Waals surface area contributed by atoms with E-state index in [1.54, 1.807) is 17.0 Å². The molecule has 2 aromatic carbocycles. The number of carbonyl (C=O) groups is 2. The van der Waals surface area contributed by atoms with Gasteiger partial charge in [-0.05, 0) is 79.5 Å². The number of benzene rings is 2. The van der Waals surface area contributed by atoms with E-state index in [9.17, 15) is 18.4 Å². The minimum absolute atomic E-state index is 0.0625. The maximum atomic E-state index is 14.0. The van der Waals surface area contributed by atoms with Gasteiger partial charge in [-0.2, -0.15) is 5.26 Å². The first-order chi connectivity index (χ1) is 19.9. The number of pyridine rings is 1. The fraction of sp³-hybridized carbons (Fsp3) is 0.375. The third-order valence-corrected chi connectivity index (χ3v) is 8.08. The summed E-state index contributed by atoms with van der Waals surface area (Å²) < 4.78 is 27.2. The molecule has 0 unspecified atom stereocenters. The van der Waals surface area contributed by atoms with E-state index in [1.807, 2.05) is 24.3 Å². The Morgan fingerprint density at radius 2 is 1.68 bits per heavy atom. The molecule has 212 valence electrons. The Kier molecular flexibility index (Phi) is 9.00. The number of nitriles is 1. The minimum atomic E-state index is -0.582. The molecular weight excluding hydrogens is 524 g/mol. The maximum Gasteiger partial charge on any atom is 0.270 e. The molecule has 1 N–H and O–H groups in total. The number of nitrogens with one attached hydrogen (secondary N) is 1. The smallest absolute Gasteiger partial charge is 0.270 e. The van der Waals surface area contributed by atoms with Crippen molar-refractivity contribution in [3.05, 3.63) is 100 Å². The van der Waals surface area contributed by atoms with Crippen molar-refractivity contribution in [3.63, 3.8) is 0 Å². The summed E-state index contributed by atoms with van der Waals surface area (Å²) in [7, 11) is 0. The standard InChI is InChI=1S/C32H33F2N5O2/c33-27-7-5-25(29(34)18-27)17-22-9-15-39(16-10-22)32(41)26-6-8-30(36-20-26)31(40)37-28-11-13-38(14-12-28)21-24-3-1-23(19-35)2-4-24/h1-8,18,20,22,28H,9-17,21H2,(H,37,40). The molecule has 2 saturated heterocycles. The third kappa shape index (κ3) is 7.33. The van der Waals surface area contributed by atoms with Gasteiger partial charge in [0.1, 0.15) is 17.3 Å². The van der Waals surface area contributed by atoms with Crippen LogP contribution in [-0.4, -0.2) is 58.8 Å². The van der Waals surface area contributed by atoms with E-state index in [4.69, 9.17) is 5.26 Å². The van der Waals surface area contributed by atoms with Gasteiger partial charge in [0.25, 0.3) is 11.8 Å². The Bertz CT molecular complexity index is 1410. The largest absolute Gasteiger partial charge is 0.348 e. The lowest BCUT2D eigenvalue weighted by Crippen LogP contribution is -2.44. The first-order valence-corrected chi connectivity index (χ1v) is 14.1. The molecule has 0 saturated carbocycles. The van der Waals surface area contributed by atoms with Gasteiger partial charge in [0, 0.05) is 51.0 Å². The molecule has 2 aliphatic heterocycles. The lowest BCUT2D eigenvalue weighted by molar-refractivity contribution is 0.0689. The number of halogens is 2. The normalized spacial score (nSPS) is 16.8. The number of nitrogens with zero attached hydrogens (tertiary/aromatic N) is 4. The fourth-order valence-electron chi connectivity index (χ4n) is 5.61. The molecule has 3 aromatic rings. The Labute approximate surface area is 238 Å². The second-order valence-electron chi connectivity index (χ2n) is 10.9. The Morgan fingerprint density at radius 1 is 0.951 bits per heavy atom. The summed E-state index contributed by atoms with van der Waals surface area (Å²) in [6.07, 6.45) is 5.13. The summed E-state index contributed by atoms with van der Waals surface area (Å²) in [5.41, 5.74) is 3.03. The van der Waals surface area contributed by atoms with Gasteiger partial charge in [0.15, 0.2) is 0 Å². The van der Waals surface area contributed by atoms with E-state index in [0.29, 0.717) is 36.2 Å². The van der Waals surface area contributed by atoms with Crippen molar-refractivity contribution in [3.8, 4) is 6.07 Å². The number of carbonyl (C=O) groups excluding carboxylic acids is 2. The molecule has 0 aliphatic carbocycles. The van der Waals surface area contributed by atoms with Crippen LogP contribution in [0.4, 0.5) is 8.78 Å². The summed E-state index contributed by atoms with van der Waals surface area (Å²) >= 11 is 0. The van der Waals surface area contributed by atoms with E-state index in [2.05, 4.69) is 21.3 Å². The highest BCUT2D eigenvalue weighted by Crippen LogP contribution is 2.24. The van der Waals surface area contributed by atoms with E-state index < -0.39 is 11.6 Å². The minimum Gasteiger partial charge on any atom is -0.348 e. The molecule has 41 heavy (non-hydrogen) atoms. The molecule has 2 fully saturated rings. The van der Waals surface area contributed by atoms with Crippen LogP contribution in [0, 0.1) is 28.9 Å². The Hall–Kier alpha value is -4.16. The second-order valence-corrected chi connectivity index (χ2v) is 10.9. The van der Waals surface area contributed by atoms with E-state index in [1.165, 1.54) is 18.3 Å². The molecule has 0 bridgehead atoms. The van der Waals surface area contributed by atoms with E-state index in [0.717, 1.165) is 56.9 Å². The van der Waals surface area contributed by atoms with Crippen LogP contribution in [0.5, 0.6) is 0 Å². The van der Waals surface area contributed by atoms with Gasteiger partial charge in [-0.25, -0.2) is 8.78 Å². The number of hydrogen-bond donors (Lipinski definition) is 1. The van der Waals surface area contributed by atoms with E-state index >= 15 is 0 Å². The number of piperidine rings is 2. The molecule has 0 radical (unpaired) electrons. The predicted molar refractivity (Wildman–Crippen MR) is 150 cm³/mol. The van der Waals surface area contributed by atoms with Gasteiger partial charge in [0.05, 0.1) is 17.2 Å². The van der Waals surface area contributed by atoms with Gasteiger partial charge in [0.2, 0.25) is 0 Å². The van der Waals surface area contributed by atoms with Gasteiger partial charge in [-0.15, -0.1) is 0 Å². The van der Waals surface area contributed by atoms with Crippen LogP contribution >= 0.6 is 0 Å². The highest BCUT2D eigenvalue weighted by atomic mass is 19.1. The zero-order valence-electron chi connectivity index (χ0n) is 22.9. The van der Waals surface area contributed by atoms with Crippen LogP contribution < -0.4 is 5.32 Å². The van der Waals surface area contributed by atoms with Crippen molar-refractivity contribution in [1.82, 2.24) is 20.1 Å². The second kappa shape index (κ2) is 13.0. The van der Waals surface area contributed by atoms with Crippen molar-refractivity contribution in [2.24, 2.45) is 5.92 Å². The molecule has 2 aliphatic rings. The first-order valence-electron chi connectivity index (χ1n) is 14.1. The summed E-state index contributed by atoms with van der Waals surface area (Å²) in [6, 6.07) is 16.7. The van der Waals surface area contributed by atoms with Crippen LogP contribution in [-0.2, 0) is 13.0 Å². The average Bonchev–Trinajstić information content (AvgIpc) is 3.00. The maximum absolute atomic E-state index is 14.0. The number of likely N-dealkylation sites (tertiary alicyclic amines) is 2. The Morgan fingerprint density at radius 3 is 2.32 bits per heavy atom. The quantitative estimate of drug-likeness (QED) is 0.454. The first kappa shape index (κ1) is 28.4. The number of amides is 2. The monoisotopic (exact) mass is 557 g/mol. The molecule has 9 heteroatoms. The SMILES string of the molecule is N#Cc1ccc(CN2CCC(NC(=O)c3ccc(C(=O)N4CCC(Cc5ccc(F)cc5F)CC4)cn3)CC2)cc1. The zero-order chi connectivity index (χ0) is 28.8. The molecule has 2 amide bonds. The van der Waals surface area contributed by atoms with Gasteiger partial charge in [-0.3, -0.25) is 19.5 Å². The fourth-order valence-corrected chi connectivity index (χ4v) is 5.61. The molecule has 0 atom stereocenters. The topological polar surface area (TPSA) is 89.3 Å². The highest BCUT2D eigenvalue weighted by Gasteiger charge is 2.26. The highest BCUT2D eigenvalue weighted by molar-refractivity contribution is 5.96. The zero-order valence-corrected chi connectivity index (χ0v) is 22.9. The van der Waals surface area contributed by atoms with Crippen LogP contribution in [0.3, 0.4) is 0 Å². The van der Waals surface area contributed by atoms with Crippen molar-refractivity contribution < 1.29 is 18.4 Å². The van der Waals surface area contributed by atoms with Gasteiger partial charge in [-0.1, -0.05) is 18.2 Å². The van der Waals surface area contributed by atoms with E-state index in [-0.39, 0.29) is 29.5 Å². The number of aromatic nitrogens is 1. The number of rotatable bonds is 7. The Balaban J connectivity index is 1.06. The van der Waals surface area contributed by atoms with Crippen LogP contribution in [0.1, 0.15) is 63.2 Å². The molecule has 7 nitrogen and oxygen atoms in total.